The summed E-state index contributed by atoms with van der Waals surface area (Å²) in [6, 6.07) is 10.6. The maximum Gasteiger partial charge on any atom is 0.128 e. The number of thiazole rings is 1. The van der Waals surface area contributed by atoms with E-state index in [-0.39, 0.29) is 0 Å². The number of hydrogen-bond donors (Lipinski definition) is 0. The smallest absolute Gasteiger partial charge is 0.128 e. The van der Waals surface area contributed by atoms with Crippen LogP contribution in [0.2, 0.25) is 0 Å². The van der Waals surface area contributed by atoms with E-state index in [4.69, 9.17) is 5.26 Å². The van der Waals surface area contributed by atoms with E-state index < -0.39 is 0 Å². The van der Waals surface area contributed by atoms with Crippen molar-refractivity contribution in [2.45, 2.75) is 25.7 Å². The Bertz CT molecular complexity index is 586. The van der Waals surface area contributed by atoms with Gasteiger partial charge in [0.15, 0.2) is 0 Å². The van der Waals surface area contributed by atoms with Gasteiger partial charge in [0.25, 0.3) is 0 Å². The summed E-state index contributed by atoms with van der Waals surface area (Å²) in [5, 5.41) is 10.1. The van der Waals surface area contributed by atoms with Crippen molar-refractivity contribution in [3.8, 4) is 16.6 Å². The molecule has 0 bridgehead atoms. The molecule has 1 heterocycles. The third kappa shape index (κ3) is 1.96. The summed E-state index contributed by atoms with van der Waals surface area (Å²) in [5.74, 6) is 0.542. The molecule has 1 fully saturated rings. The van der Waals surface area contributed by atoms with Crippen LogP contribution >= 0.6 is 11.3 Å². The molecule has 0 aliphatic heterocycles. The monoisotopic (exact) mass is 240 g/mol. The molecule has 0 spiro atoms. The van der Waals surface area contributed by atoms with Gasteiger partial charge in [-0.05, 0) is 19.8 Å². The van der Waals surface area contributed by atoms with Crippen molar-refractivity contribution >= 4 is 11.3 Å². The van der Waals surface area contributed by atoms with Crippen LogP contribution in [0, 0.1) is 18.3 Å². The Morgan fingerprint density at radius 2 is 2.00 bits per heavy atom. The molecule has 84 valence electrons. The van der Waals surface area contributed by atoms with E-state index in [0.29, 0.717) is 5.92 Å². The molecule has 1 saturated carbocycles. The highest BCUT2D eigenvalue weighted by Gasteiger charge is 2.29. The minimum absolute atomic E-state index is 0.542. The van der Waals surface area contributed by atoms with E-state index in [1.54, 1.807) is 0 Å². The first-order valence-corrected chi connectivity index (χ1v) is 6.57. The van der Waals surface area contributed by atoms with Gasteiger partial charge in [0.05, 0.1) is 5.69 Å². The average Bonchev–Trinajstić information content (AvgIpc) is 3.10. The topological polar surface area (TPSA) is 36.7 Å². The lowest BCUT2D eigenvalue weighted by Crippen LogP contribution is -1.83. The summed E-state index contributed by atoms with van der Waals surface area (Å²) >= 11 is 1.51. The van der Waals surface area contributed by atoms with Crippen molar-refractivity contribution in [3.05, 3.63) is 40.4 Å². The highest BCUT2D eigenvalue weighted by Crippen LogP contribution is 2.43. The van der Waals surface area contributed by atoms with Crippen LogP contribution in [-0.2, 0) is 0 Å². The lowest BCUT2D eigenvalue weighted by Gasteiger charge is -1.96. The molecule has 0 radical (unpaired) electrons. The molecule has 0 unspecified atom stereocenters. The van der Waals surface area contributed by atoms with Crippen LogP contribution in [0.25, 0.3) is 10.6 Å². The lowest BCUT2D eigenvalue weighted by atomic mass is 10.1. The van der Waals surface area contributed by atoms with E-state index in [9.17, 15) is 0 Å². The second-order valence-electron chi connectivity index (χ2n) is 4.49. The number of nitriles is 1. The van der Waals surface area contributed by atoms with Crippen LogP contribution < -0.4 is 0 Å². The third-order valence-electron chi connectivity index (χ3n) is 3.02. The van der Waals surface area contributed by atoms with Crippen molar-refractivity contribution < 1.29 is 0 Å². The van der Waals surface area contributed by atoms with Gasteiger partial charge in [0.2, 0.25) is 0 Å². The van der Waals surface area contributed by atoms with Crippen molar-refractivity contribution in [1.82, 2.24) is 4.98 Å². The van der Waals surface area contributed by atoms with Gasteiger partial charge in [-0.3, -0.25) is 0 Å². The maximum absolute atomic E-state index is 9.12. The van der Waals surface area contributed by atoms with Crippen LogP contribution in [0.15, 0.2) is 24.3 Å². The molecule has 0 amide bonds. The van der Waals surface area contributed by atoms with Crippen LogP contribution in [0.1, 0.15) is 34.9 Å². The third-order valence-corrected chi connectivity index (χ3v) is 4.04. The van der Waals surface area contributed by atoms with Crippen LogP contribution in [0.3, 0.4) is 0 Å². The number of benzene rings is 1. The minimum Gasteiger partial charge on any atom is -0.239 e. The maximum atomic E-state index is 9.12. The fourth-order valence-corrected chi connectivity index (χ4v) is 2.82. The van der Waals surface area contributed by atoms with Crippen molar-refractivity contribution in [1.29, 1.82) is 5.26 Å². The van der Waals surface area contributed by atoms with Crippen molar-refractivity contribution in [2.75, 3.05) is 0 Å². The molecule has 1 aliphatic carbocycles. The number of hydrogen-bond acceptors (Lipinski definition) is 3. The minimum atomic E-state index is 0.542. The summed E-state index contributed by atoms with van der Waals surface area (Å²) in [6.07, 6.45) is 2.37. The molecule has 2 aromatic rings. The fourth-order valence-electron chi connectivity index (χ4n) is 1.87. The Balaban J connectivity index is 2.03. The Morgan fingerprint density at radius 1 is 1.29 bits per heavy atom. The van der Waals surface area contributed by atoms with E-state index >= 15 is 0 Å². The average molecular weight is 240 g/mol. The molecular formula is C14H12N2S. The zero-order chi connectivity index (χ0) is 11.8. The fraction of sp³-hybridized carbons (Fsp3) is 0.286. The Hall–Kier alpha value is -1.66. The second kappa shape index (κ2) is 3.97. The van der Waals surface area contributed by atoms with Gasteiger partial charge in [0, 0.05) is 11.5 Å². The Morgan fingerprint density at radius 3 is 2.59 bits per heavy atom. The SMILES string of the molecule is Cc1ccc(-c2nc(C3CC3)c(C#N)s2)cc1. The quantitative estimate of drug-likeness (QED) is 0.799. The Labute approximate surface area is 105 Å². The van der Waals surface area contributed by atoms with Crippen LogP contribution in [0.4, 0.5) is 0 Å². The number of aryl methyl sites for hydroxylation is 1. The zero-order valence-corrected chi connectivity index (χ0v) is 10.4. The molecule has 1 aliphatic rings. The predicted octanol–water partition coefficient (Wildman–Crippen LogP) is 3.87. The van der Waals surface area contributed by atoms with E-state index in [0.717, 1.165) is 21.1 Å². The van der Waals surface area contributed by atoms with Gasteiger partial charge in [-0.1, -0.05) is 29.8 Å². The summed E-state index contributed by atoms with van der Waals surface area (Å²) in [7, 11) is 0. The second-order valence-corrected chi connectivity index (χ2v) is 5.48. The summed E-state index contributed by atoms with van der Waals surface area (Å²) < 4.78 is 0. The summed E-state index contributed by atoms with van der Waals surface area (Å²) in [5.41, 5.74) is 3.38. The zero-order valence-electron chi connectivity index (χ0n) is 9.60. The van der Waals surface area contributed by atoms with E-state index in [2.05, 4.69) is 42.2 Å². The first-order chi connectivity index (χ1) is 8.28. The largest absolute Gasteiger partial charge is 0.239 e. The summed E-state index contributed by atoms with van der Waals surface area (Å²) in [6.45, 7) is 2.07. The van der Waals surface area contributed by atoms with Gasteiger partial charge in [0.1, 0.15) is 16.0 Å². The predicted molar refractivity (Wildman–Crippen MR) is 69.0 cm³/mol. The van der Waals surface area contributed by atoms with Gasteiger partial charge in [-0.2, -0.15) is 5.26 Å². The Kier molecular flexibility index (Phi) is 2.45. The molecule has 0 atom stereocenters. The molecular weight excluding hydrogens is 228 g/mol. The summed E-state index contributed by atoms with van der Waals surface area (Å²) in [4.78, 5) is 5.43. The lowest BCUT2D eigenvalue weighted by molar-refractivity contribution is 1.04. The number of rotatable bonds is 2. The molecule has 17 heavy (non-hydrogen) atoms. The molecule has 1 aromatic heterocycles. The molecule has 1 aromatic carbocycles. The highest BCUT2D eigenvalue weighted by molar-refractivity contribution is 7.15. The molecule has 3 heteroatoms. The standard InChI is InChI=1S/C14H12N2S/c1-9-2-4-11(5-3-9)14-16-13(10-6-7-10)12(8-15)17-14/h2-5,10H,6-7H2,1H3. The normalized spacial score (nSPS) is 14.6. The number of aromatic nitrogens is 1. The first-order valence-electron chi connectivity index (χ1n) is 5.76. The number of nitrogens with zero attached hydrogens (tertiary/aromatic N) is 2. The van der Waals surface area contributed by atoms with Crippen LogP contribution in [0.5, 0.6) is 0 Å². The van der Waals surface area contributed by atoms with Gasteiger partial charge in [-0.15, -0.1) is 11.3 Å². The van der Waals surface area contributed by atoms with Crippen molar-refractivity contribution in [3.63, 3.8) is 0 Å². The molecule has 0 saturated heterocycles. The van der Waals surface area contributed by atoms with E-state index in [1.165, 1.54) is 29.7 Å². The van der Waals surface area contributed by atoms with E-state index in [1.807, 2.05) is 0 Å². The van der Waals surface area contributed by atoms with Crippen molar-refractivity contribution in [2.24, 2.45) is 0 Å². The molecule has 3 rings (SSSR count). The van der Waals surface area contributed by atoms with Gasteiger partial charge in [-0.25, -0.2) is 4.98 Å². The highest BCUT2D eigenvalue weighted by atomic mass is 32.1. The van der Waals surface area contributed by atoms with Gasteiger partial charge >= 0.3 is 0 Å². The van der Waals surface area contributed by atoms with Gasteiger partial charge < -0.3 is 0 Å². The first kappa shape index (κ1) is 10.5. The molecule has 0 N–H and O–H groups in total. The van der Waals surface area contributed by atoms with Crippen LogP contribution in [-0.4, -0.2) is 4.98 Å². The molecule has 2 nitrogen and oxygen atoms in total.